The van der Waals surface area contributed by atoms with E-state index in [1.807, 2.05) is 37.3 Å². The van der Waals surface area contributed by atoms with Crippen LogP contribution in [0, 0.1) is 0 Å². The third-order valence-electron chi connectivity index (χ3n) is 2.68. The van der Waals surface area contributed by atoms with E-state index in [0.717, 1.165) is 17.2 Å². The van der Waals surface area contributed by atoms with Crippen LogP contribution in [0.3, 0.4) is 0 Å². The molecule has 0 saturated heterocycles. The maximum absolute atomic E-state index is 11.7. The molecule has 2 heteroatoms. The van der Waals surface area contributed by atoms with Crippen LogP contribution in [-0.4, -0.2) is 10.9 Å². The topological polar surface area (TPSA) is 37.3 Å². The molecule has 0 aromatic heterocycles. The number of hydrogen-bond acceptors (Lipinski definition) is 2. The second kappa shape index (κ2) is 4.35. The number of Topliss-reactive ketones (excluding diaryl/α,β-unsaturated/α-hetero) is 1. The molecular formula is C14H14O2. The molecule has 0 atom stereocenters. The minimum atomic E-state index is 0.00533. The van der Waals surface area contributed by atoms with E-state index in [-0.39, 0.29) is 11.5 Å². The summed E-state index contributed by atoms with van der Waals surface area (Å²) in [6.07, 6.45) is 1.27. The molecule has 0 amide bonds. The Bertz CT molecular complexity index is 529. The van der Waals surface area contributed by atoms with E-state index in [1.165, 1.54) is 0 Å². The van der Waals surface area contributed by atoms with E-state index in [4.69, 9.17) is 0 Å². The highest BCUT2D eigenvalue weighted by atomic mass is 16.3. The van der Waals surface area contributed by atoms with Crippen LogP contribution >= 0.6 is 0 Å². The zero-order valence-corrected chi connectivity index (χ0v) is 9.23. The normalized spacial score (nSPS) is 10.6. The molecule has 2 aromatic rings. The number of phenolic OH excluding ortho intramolecular Hbond substituents is 1. The van der Waals surface area contributed by atoms with Crippen LogP contribution in [0.5, 0.6) is 5.75 Å². The van der Waals surface area contributed by atoms with Crippen LogP contribution in [0.4, 0.5) is 0 Å². The van der Waals surface area contributed by atoms with Crippen molar-refractivity contribution in [2.75, 3.05) is 0 Å². The fraction of sp³-hybridized carbons (Fsp3) is 0.214. The average Bonchev–Trinajstić information content (AvgIpc) is 2.30. The molecule has 0 aliphatic heterocycles. The van der Waals surface area contributed by atoms with Crippen molar-refractivity contribution in [3.8, 4) is 5.75 Å². The summed E-state index contributed by atoms with van der Waals surface area (Å²) in [4.78, 5) is 11.7. The molecule has 16 heavy (non-hydrogen) atoms. The Balaban J connectivity index is 2.56. The highest BCUT2D eigenvalue weighted by Crippen LogP contribution is 2.29. The van der Waals surface area contributed by atoms with Gasteiger partial charge in [-0.3, -0.25) is 4.79 Å². The molecule has 0 heterocycles. The number of phenols is 1. The van der Waals surface area contributed by atoms with Crippen LogP contribution in [0.2, 0.25) is 0 Å². The van der Waals surface area contributed by atoms with Gasteiger partial charge in [-0.25, -0.2) is 0 Å². The lowest BCUT2D eigenvalue weighted by atomic mass is 10.0. The summed E-state index contributed by atoms with van der Waals surface area (Å²) in [6.45, 7) is 1.95. The first-order valence-electron chi connectivity index (χ1n) is 5.48. The Morgan fingerprint density at radius 1 is 1.19 bits per heavy atom. The molecule has 0 unspecified atom stereocenters. The zero-order chi connectivity index (χ0) is 11.5. The average molecular weight is 214 g/mol. The van der Waals surface area contributed by atoms with Gasteiger partial charge in [0.25, 0.3) is 0 Å². The van der Waals surface area contributed by atoms with Gasteiger partial charge in [0.05, 0.1) is 5.56 Å². The zero-order valence-electron chi connectivity index (χ0n) is 9.23. The molecule has 2 aromatic carbocycles. The minimum Gasteiger partial charge on any atom is -0.507 e. The summed E-state index contributed by atoms with van der Waals surface area (Å²) in [7, 11) is 0. The number of ketones is 1. The van der Waals surface area contributed by atoms with Gasteiger partial charge in [-0.05, 0) is 17.9 Å². The number of rotatable bonds is 3. The van der Waals surface area contributed by atoms with E-state index < -0.39 is 0 Å². The van der Waals surface area contributed by atoms with Crippen LogP contribution in [0.25, 0.3) is 10.8 Å². The van der Waals surface area contributed by atoms with E-state index in [1.54, 1.807) is 6.07 Å². The first kappa shape index (κ1) is 10.7. The van der Waals surface area contributed by atoms with Crippen molar-refractivity contribution >= 4 is 16.6 Å². The second-order valence-electron chi connectivity index (χ2n) is 3.86. The maximum atomic E-state index is 11.7. The molecule has 0 bridgehead atoms. The number of carbonyl (C=O) groups is 1. The lowest BCUT2D eigenvalue weighted by Crippen LogP contribution is -1.98. The second-order valence-corrected chi connectivity index (χ2v) is 3.86. The third kappa shape index (κ3) is 1.78. The quantitative estimate of drug-likeness (QED) is 0.793. The SMILES string of the molecule is CCCC(=O)c1ccc2ccccc2c1O. The summed E-state index contributed by atoms with van der Waals surface area (Å²) in [6, 6.07) is 11.1. The van der Waals surface area contributed by atoms with Crippen LogP contribution in [0.15, 0.2) is 36.4 Å². The van der Waals surface area contributed by atoms with Gasteiger partial charge in [-0.2, -0.15) is 0 Å². The van der Waals surface area contributed by atoms with E-state index in [0.29, 0.717) is 12.0 Å². The maximum Gasteiger partial charge on any atom is 0.166 e. The lowest BCUT2D eigenvalue weighted by Gasteiger charge is -2.06. The number of fused-ring (bicyclic) bond motifs is 1. The molecule has 0 spiro atoms. The van der Waals surface area contributed by atoms with Crippen LogP contribution in [0.1, 0.15) is 30.1 Å². The number of carbonyl (C=O) groups excluding carboxylic acids is 1. The number of aromatic hydroxyl groups is 1. The summed E-state index contributed by atoms with van der Waals surface area (Å²) < 4.78 is 0. The molecular weight excluding hydrogens is 200 g/mol. The molecule has 0 aliphatic rings. The van der Waals surface area contributed by atoms with Gasteiger partial charge in [-0.15, -0.1) is 0 Å². The van der Waals surface area contributed by atoms with Crippen molar-refractivity contribution in [1.82, 2.24) is 0 Å². The predicted molar refractivity (Wildman–Crippen MR) is 64.9 cm³/mol. The van der Waals surface area contributed by atoms with Crippen molar-refractivity contribution in [2.24, 2.45) is 0 Å². The molecule has 0 aliphatic carbocycles. The van der Waals surface area contributed by atoms with Gasteiger partial charge in [0, 0.05) is 11.8 Å². The number of benzene rings is 2. The Morgan fingerprint density at radius 2 is 1.94 bits per heavy atom. The van der Waals surface area contributed by atoms with Crippen molar-refractivity contribution in [3.05, 3.63) is 42.0 Å². The highest BCUT2D eigenvalue weighted by molar-refractivity contribution is 6.04. The van der Waals surface area contributed by atoms with Gasteiger partial charge >= 0.3 is 0 Å². The van der Waals surface area contributed by atoms with Gasteiger partial charge in [-0.1, -0.05) is 37.3 Å². The van der Waals surface area contributed by atoms with Gasteiger partial charge in [0.15, 0.2) is 5.78 Å². The molecule has 0 fully saturated rings. The van der Waals surface area contributed by atoms with Gasteiger partial charge < -0.3 is 5.11 Å². The Kier molecular flexibility index (Phi) is 2.91. The summed E-state index contributed by atoms with van der Waals surface area (Å²) in [5, 5.41) is 11.7. The first-order valence-corrected chi connectivity index (χ1v) is 5.48. The van der Waals surface area contributed by atoms with Crippen molar-refractivity contribution in [3.63, 3.8) is 0 Å². The van der Waals surface area contributed by atoms with Crippen LogP contribution < -0.4 is 0 Å². The monoisotopic (exact) mass is 214 g/mol. The highest BCUT2D eigenvalue weighted by Gasteiger charge is 2.12. The summed E-state index contributed by atoms with van der Waals surface area (Å²) in [5.74, 6) is 0.113. The van der Waals surface area contributed by atoms with E-state index in [9.17, 15) is 9.90 Å². The summed E-state index contributed by atoms with van der Waals surface area (Å²) >= 11 is 0. The Morgan fingerprint density at radius 3 is 2.69 bits per heavy atom. The lowest BCUT2D eigenvalue weighted by molar-refractivity contribution is 0.0979. The van der Waals surface area contributed by atoms with Crippen molar-refractivity contribution in [1.29, 1.82) is 0 Å². The fourth-order valence-corrected chi connectivity index (χ4v) is 1.84. The summed E-state index contributed by atoms with van der Waals surface area (Å²) in [5.41, 5.74) is 0.431. The standard InChI is InChI=1S/C14H14O2/c1-2-5-13(15)12-9-8-10-6-3-4-7-11(10)14(12)16/h3-4,6-9,16H,2,5H2,1H3. The Labute approximate surface area is 94.5 Å². The molecule has 2 rings (SSSR count). The molecule has 0 saturated carbocycles. The fourth-order valence-electron chi connectivity index (χ4n) is 1.84. The minimum absolute atomic E-state index is 0.00533. The van der Waals surface area contributed by atoms with Crippen molar-refractivity contribution < 1.29 is 9.90 Å². The largest absolute Gasteiger partial charge is 0.507 e. The molecule has 2 nitrogen and oxygen atoms in total. The Hall–Kier alpha value is -1.83. The van der Waals surface area contributed by atoms with Crippen molar-refractivity contribution in [2.45, 2.75) is 19.8 Å². The van der Waals surface area contributed by atoms with E-state index in [2.05, 4.69) is 0 Å². The smallest absolute Gasteiger partial charge is 0.166 e. The van der Waals surface area contributed by atoms with Crippen LogP contribution in [-0.2, 0) is 0 Å². The van der Waals surface area contributed by atoms with Gasteiger partial charge in [0.2, 0.25) is 0 Å². The third-order valence-corrected chi connectivity index (χ3v) is 2.68. The van der Waals surface area contributed by atoms with Gasteiger partial charge in [0.1, 0.15) is 5.75 Å². The molecule has 82 valence electrons. The first-order chi connectivity index (χ1) is 7.74. The molecule has 0 radical (unpaired) electrons. The molecule has 1 N–H and O–H groups in total. The van der Waals surface area contributed by atoms with E-state index >= 15 is 0 Å². The number of hydrogen-bond donors (Lipinski definition) is 1. The predicted octanol–water partition coefficient (Wildman–Crippen LogP) is 3.53.